The summed E-state index contributed by atoms with van der Waals surface area (Å²) in [6, 6.07) is 13.7. The fourth-order valence-corrected chi connectivity index (χ4v) is 3.71. The Morgan fingerprint density at radius 2 is 1.86 bits per heavy atom. The van der Waals surface area contributed by atoms with Gasteiger partial charge in [-0.2, -0.15) is 5.26 Å². The molecule has 2 amide bonds. The van der Waals surface area contributed by atoms with Crippen molar-refractivity contribution >= 4 is 23.3 Å². The number of alkyl carbamates (subject to hydrolysis) is 1. The second-order valence-corrected chi connectivity index (χ2v) is 8.32. The molecule has 0 aliphatic heterocycles. The Morgan fingerprint density at radius 1 is 1.14 bits per heavy atom. The molecule has 1 heterocycles. The first-order chi connectivity index (χ1) is 13.9. The Morgan fingerprint density at radius 3 is 2.45 bits per heavy atom. The summed E-state index contributed by atoms with van der Waals surface area (Å²) < 4.78 is 5.23. The van der Waals surface area contributed by atoms with Gasteiger partial charge in [0.1, 0.15) is 12.6 Å². The molecular formula is C22H27N3O3S. The topological polar surface area (TPSA) is 91.2 Å². The van der Waals surface area contributed by atoms with E-state index in [1.807, 2.05) is 63.2 Å². The molecule has 0 aliphatic carbocycles. The van der Waals surface area contributed by atoms with Crippen LogP contribution in [0.2, 0.25) is 0 Å². The number of carbonyl (C=O) groups is 2. The van der Waals surface area contributed by atoms with E-state index in [9.17, 15) is 14.9 Å². The third kappa shape index (κ3) is 7.24. The summed E-state index contributed by atoms with van der Waals surface area (Å²) in [5.74, 6) is -0.220. The molecule has 0 saturated heterocycles. The molecule has 2 aromatic rings. The largest absolute Gasteiger partial charge is 0.445 e. The smallest absolute Gasteiger partial charge is 0.408 e. The maximum atomic E-state index is 12.8. The predicted octanol–water partition coefficient (Wildman–Crippen LogP) is 4.33. The van der Waals surface area contributed by atoms with Gasteiger partial charge in [0.15, 0.2) is 6.04 Å². The Kier molecular flexibility index (Phi) is 8.68. The molecule has 7 heteroatoms. The van der Waals surface area contributed by atoms with Gasteiger partial charge in [-0.3, -0.25) is 4.79 Å². The van der Waals surface area contributed by atoms with E-state index in [4.69, 9.17) is 4.74 Å². The van der Waals surface area contributed by atoms with E-state index in [-0.39, 0.29) is 12.5 Å². The van der Waals surface area contributed by atoms with Gasteiger partial charge in [0.05, 0.1) is 6.07 Å². The van der Waals surface area contributed by atoms with Crippen LogP contribution in [0.4, 0.5) is 4.79 Å². The van der Waals surface area contributed by atoms with Gasteiger partial charge in [0.25, 0.3) is 0 Å². The number of amides is 2. The summed E-state index contributed by atoms with van der Waals surface area (Å²) in [5.41, 5.74) is 0.862. The van der Waals surface area contributed by atoms with Crippen molar-refractivity contribution in [2.45, 2.75) is 52.3 Å². The molecule has 2 atom stereocenters. The number of rotatable bonds is 9. The number of thiophene rings is 1. The lowest BCUT2D eigenvalue weighted by Gasteiger charge is -2.21. The number of aryl methyl sites for hydroxylation is 1. The minimum atomic E-state index is -0.778. The first-order valence-electron chi connectivity index (χ1n) is 9.68. The van der Waals surface area contributed by atoms with Crippen LogP contribution in [-0.4, -0.2) is 18.0 Å². The highest BCUT2D eigenvalue weighted by Crippen LogP contribution is 2.23. The maximum Gasteiger partial charge on any atom is 0.408 e. The molecule has 1 aromatic heterocycles. The molecular weight excluding hydrogens is 386 g/mol. The minimum Gasteiger partial charge on any atom is -0.445 e. The quantitative estimate of drug-likeness (QED) is 0.640. The van der Waals surface area contributed by atoms with Gasteiger partial charge in [-0.05, 0) is 36.5 Å². The second kappa shape index (κ2) is 11.2. The van der Waals surface area contributed by atoms with Crippen molar-refractivity contribution in [2.24, 2.45) is 5.92 Å². The zero-order valence-corrected chi connectivity index (χ0v) is 17.8. The first-order valence-corrected chi connectivity index (χ1v) is 10.5. The van der Waals surface area contributed by atoms with Crippen LogP contribution in [0.5, 0.6) is 0 Å². The Bertz CT molecular complexity index is 842. The van der Waals surface area contributed by atoms with Crippen LogP contribution >= 0.6 is 11.3 Å². The number of benzene rings is 1. The molecule has 0 aliphatic rings. The van der Waals surface area contributed by atoms with E-state index < -0.39 is 24.1 Å². The first kappa shape index (κ1) is 22.4. The van der Waals surface area contributed by atoms with Crippen molar-refractivity contribution in [1.29, 1.82) is 5.26 Å². The molecule has 29 heavy (non-hydrogen) atoms. The van der Waals surface area contributed by atoms with Crippen LogP contribution in [-0.2, 0) is 22.6 Å². The summed E-state index contributed by atoms with van der Waals surface area (Å²) in [7, 11) is 0. The number of nitrogens with zero attached hydrogens (tertiary/aromatic N) is 1. The second-order valence-electron chi connectivity index (χ2n) is 7.12. The average Bonchev–Trinajstić information content (AvgIpc) is 3.19. The fraction of sp³-hybridized carbons (Fsp3) is 0.409. The third-order valence-electron chi connectivity index (χ3n) is 4.26. The lowest BCUT2D eigenvalue weighted by Crippen LogP contribution is -2.48. The molecule has 1 unspecified atom stereocenters. The molecule has 2 rings (SSSR count). The van der Waals surface area contributed by atoms with Crippen molar-refractivity contribution in [2.75, 3.05) is 0 Å². The van der Waals surface area contributed by atoms with Crippen molar-refractivity contribution in [3.05, 3.63) is 57.8 Å². The van der Waals surface area contributed by atoms with Gasteiger partial charge in [0.2, 0.25) is 5.91 Å². The van der Waals surface area contributed by atoms with Crippen LogP contribution in [0.25, 0.3) is 0 Å². The molecule has 0 saturated carbocycles. The van der Waals surface area contributed by atoms with Crippen molar-refractivity contribution in [1.82, 2.24) is 10.6 Å². The zero-order chi connectivity index (χ0) is 21.2. The summed E-state index contributed by atoms with van der Waals surface area (Å²) >= 11 is 1.50. The van der Waals surface area contributed by atoms with Crippen LogP contribution < -0.4 is 10.6 Å². The molecule has 0 bridgehead atoms. The van der Waals surface area contributed by atoms with Gasteiger partial charge in [0, 0.05) is 9.75 Å². The Hall–Kier alpha value is -2.85. The van der Waals surface area contributed by atoms with Crippen LogP contribution in [0.1, 0.15) is 48.6 Å². The Balaban J connectivity index is 1.98. The summed E-state index contributed by atoms with van der Waals surface area (Å²) in [6.07, 6.45) is 0.656. The van der Waals surface area contributed by atoms with Crippen molar-refractivity contribution in [3.63, 3.8) is 0 Å². The summed E-state index contributed by atoms with van der Waals surface area (Å²) in [6.45, 7) is 6.09. The standard InChI is InChI=1S/C22H27N3O3S/c1-4-17-10-11-20(29-17)19(13-23)24-21(26)18(12-15(2)3)25-22(27)28-14-16-8-6-5-7-9-16/h5-11,15,18-19H,4,12,14H2,1-3H3,(H,24,26)(H,25,27)/t18-,19?/m0/s1. The van der Waals surface area contributed by atoms with Gasteiger partial charge in [-0.15, -0.1) is 11.3 Å². The Labute approximate surface area is 175 Å². The van der Waals surface area contributed by atoms with E-state index in [0.717, 1.165) is 21.7 Å². The highest BCUT2D eigenvalue weighted by atomic mass is 32.1. The van der Waals surface area contributed by atoms with Crippen LogP contribution in [0.15, 0.2) is 42.5 Å². The highest BCUT2D eigenvalue weighted by Gasteiger charge is 2.26. The van der Waals surface area contributed by atoms with E-state index in [2.05, 4.69) is 16.7 Å². The molecule has 0 radical (unpaired) electrons. The molecule has 1 aromatic carbocycles. The third-order valence-corrected chi connectivity index (χ3v) is 5.55. The van der Waals surface area contributed by atoms with Crippen molar-refractivity contribution in [3.8, 4) is 6.07 Å². The van der Waals surface area contributed by atoms with Gasteiger partial charge in [-0.25, -0.2) is 4.79 Å². The number of hydrogen-bond donors (Lipinski definition) is 2. The number of carbonyl (C=O) groups excluding carboxylic acids is 2. The van der Waals surface area contributed by atoms with Gasteiger partial charge < -0.3 is 15.4 Å². The average molecular weight is 414 g/mol. The molecule has 154 valence electrons. The molecule has 0 fully saturated rings. The SMILES string of the molecule is CCc1ccc(C(C#N)NC(=O)[C@H](CC(C)C)NC(=O)OCc2ccccc2)s1. The summed E-state index contributed by atoms with van der Waals surface area (Å²) in [5, 5.41) is 14.9. The molecule has 0 spiro atoms. The van der Waals surface area contributed by atoms with E-state index in [1.54, 1.807) is 0 Å². The molecule has 6 nitrogen and oxygen atoms in total. The predicted molar refractivity (Wildman–Crippen MR) is 113 cm³/mol. The normalized spacial score (nSPS) is 12.7. The monoisotopic (exact) mass is 413 g/mol. The van der Waals surface area contributed by atoms with Crippen LogP contribution in [0.3, 0.4) is 0 Å². The summed E-state index contributed by atoms with van der Waals surface area (Å²) in [4.78, 5) is 26.9. The van der Waals surface area contributed by atoms with Gasteiger partial charge >= 0.3 is 6.09 Å². The number of nitriles is 1. The lowest BCUT2D eigenvalue weighted by atomic mass is 10.0. The van der Waals surface area contributed by atoms with E-state index in [0.29, 0.717) is 6.42 Å². The van der Waals surface area contributed by atoms with Gasteiger partial charge in [-0.1, -0.05) is 51.1 Å². The number of ether oxygens (including phenoxy) is 1. The number of nitrogens with one attached hydrogen (secondary N) is 2. The highest BCUT2D eigenvalue weighted by molar-refractivity contribution is 7.12. The van der Waals surface area contributed by atoms with Crippen molar-refractivity contribution < 1.29 is 14.3 Å². The molecule has 2 N–H and O–H groups in total. The fourth-order valence-electron chi connectivity index (χ4n) is 2.76. The van der Waals surface area contributed by atoms with Crippen LogP contribution in [0, 0.1) is 17.2 Å². The maximum absolute atomic E-state index is 12.8. The minimum absolute atomic E-state index is 0.124. The lowest BCUT2D eigenvalue weighted by molar-refractivity contribution is -0.123. The number of hydrogen-bond acceptors (Lipinski definition) is 5. The van der Waals surface area contributed by atoms with E-state index in [1.165, 1.54) is 11.3 Å². The van der Waals surface area contributed by atoms with E-state index >= 15 is 0 Å². The zero-order valence-electron chi connectivity index (χ0n) is 17.0.